The third-order valence-corrected chi connectivity index (χ3v) is 13.6. The van der Waals surface area contributed by atoms with Gasteiger partial charge in [0.2, 0.25) is 23.6 Å². The first-order valence-electron chi connectivity index (χ1n) is 21.9. The van der Waals surface area contributed by atoms with E-state index in [9.17, 15) is 24.3 Å². The van der Waals surface area contributed by atoms with Gasteiger partial charge < -0.3 is 33.5 Å². The van der Waals surface area contributed by atoms with Crippen LogP contribution in [-0.4, -0.2) is 71.4 Å². The van der Waals surface area contributed by atoms with Gasteiger partial charge in [-0.2, -0.15) is 0 Å². The molecule has 2 saturated heterocycles. The number of methoxy groups -OCH3 is 6. The van der Waals surface area contributed by atoms with Gasteiger partial charge in [-0.25, -0.2) is 0 Å². The predicted octanol–water partition coefficient (Wildman–Crippen LogP) is 8.83. The molecule has 2 aliphatic carbocycles. The van der Waals surface area contributed by atoms with Crippen molar-refractivity contribution in [3.63, 3.8) is 0 Å². The van der Waals surface area contributed by atoms with Crippen LogP contribution >= 0.6 is 0 Å². The van der Waals surface area contributed by atoms with Gasteiger partial charge in [-0.1, -0.05) is 60.2 Å². The lowest BCUT2D eigenvalue weighted by Crippen LogP contribution is -2.43. The van der Waals surface area contributed by atoms with Gasteiger partial charge in [0, 0.05) is 34.7 Å². The maximum Gasteiger partial charge on any atom is 0.238 e. The van der Waals surface area contributed by atoms with Gasteiger partial charge in [0.25, 0.3) is 0 Å². The van der Waals surface area contributed by atoms with E-state index in [1.54, 1.807) is 52.7 Å². The van der Waals surface area contributed by atoms with Crippen LogP contribution in [0.15, 0.2) is 109 Å². The van der Waals surface area contributed by atoms with Crippen LogP contribution in [0.25, 0.3) is 24.3 Å². The molecule has 342 valence electrons. The summed E-state index contributed by atoms with van der Waals surface area (Å²) in [4.78, 5) is 61.5. The summed E-state index contributed by atoms with van der Waals surface area (Å²) in [5.41, 5.74) is 5.36. The van der Waals surface area contributed by atoms with Crippen LogP contribution in [0.5, 0.6) is 40.2 Å². The zero-order valence-electron chi connectivity index (χ0n) is 37.9. The number of hydrogen-bond acceptors (Lipinski definition) is 11. The van der Waals surface area contributed by atoms with Crippen LogP contribution in [0.4, 0.5) is 11.4 Å². The van der Waals surface area contributed by atoms with Gasteiger partial charge in [0.1, 0.15) is 40.2 Å². The number of nitrogens with zero attached hydrogens (tertiary/aromatic N) is 2. The standard InChI is InChI=1S/C54H50N2O11/c1-62-37-19-23-43(64-3)32(25-37)13-7-30-9-15-34(16-10-30)55-51(58)40-22-21-39-41(47(40)53(55)60)29-42-49(48(39)50-45(66-5)27-36(57)28-46(50)67-6)54(61)56(52(42)59)35-17-11-31(12-18-35)8-14-33-26-38(63-2)20-24-44(33)65-4/h7-21,23-28,40-42,47-49,57H,22,29H2,1-6H3. The van der Waals surface area contributed by atoms with Gasteiger partial charge in [-0.3, -0.25) is 29.0 Å². The van der Waals surface area contributed by atoms with Crippen molar-refractivity contribution in [3.05, 3.63) is 137 Å². The minimum Gasteiger partial charge on any atom is -0.508 e. The molecule has 4 amide bonds. The van der Waals surface area contributed by atoms with E-state index < -0.39 is 47.3 Å². The third-order valence-electron chi connectivity index (χ3n) is 13.6. The Labute approximate surface area is 388 Å². The molecule has 6 atom stereocenters. The van der Waals surface area contributed by atoms with Crippen LogP contribution in [0.2, 0.25) is 0 Å². The Kier molecular flexibility index (Phi) is 12.1. The van der Waals surface area contributed by atoms with E-state index in [1.807, 2.05) is 91.0 Å². The molecule has 13 nitrogen and oxygen atoms in total. The maximum atomic E-state index is 15.0. The van der Waals surface area contributed by atoms with Crippen LogP contribution in [0, 0.1) is 29.6 Å². The second-order valence-corrected chi connectivity index (χ2v) is 16.9. The van der Waals surface area contributed by atoms with Crippen molar-refractivity contribution in [3.8, 4) is 40.2 Å². The number of phenolic OH excluding ortho intramolecular Hbond substituents is 1. The molecule has 5 aromatic rings. The Morgan fingerprint density at radius 3 is 1.42 bits per heavy atom. The van der Waals surface area contributed by atoms with Crippen LogP contribution < -0.4 is 38.2 Å². The molecule has 6 unspecified atom stereocenters. The van der Waals surface area contributed by atoms with E-state index in [2.05, 4.69) is 0 Å². The van der Waals surface area contributed by atoms with Gasteiger partial charge >= 0.3 is 0 Å². The highest BCUT2D eigenvalue weighted by Gasteiger charge is 2.63. The topological polar surface area (TPSA) is 150 Å². The maximum absolute atomic E-state index is 15.0. The molecule has 3 fully saturated rings. The molecule has 1 N–H and O–H groups in total. The highest BCUT2D eigenvalue weighted by atomic mass is 16.5. The number of ether oxygens (including phenoxy) is 6. The van der Waals surface area contributed by atoms with E-state index in [4.69, 9.17) is 28.4 Å². The van der Waals surface area contributed by atoms with Crippen molar-refractivity contribution < 1.29 is 52.7 Å². The number of imide groups is 2. The van der Waals surface area contributed by atoms with E-state index in [0.29, 0.717) is 39.9 Å². The molecule has 0 spiro atoms. The molecule has 4 aliphatic rings. The molecular formula is C54H50N2O11. The number of aromatic hydroxyl groups is 1. The number of allylic oxidation sites excluding steroid dienone is 2. The van der Waals surface area contributed by atoms with Crippen LogP contribution in [0.3, 0.4) is 0 Å². The Morgan fingerprint density at radius 2 is 0.955 bits per heavy atom. The molecular weight excluding hydrogens is 853 g/mol. The fourth-order valence-corrected chi connectivity index (χ4v) is 10.4. The smallest absolute Gasteiger partial charge is 0.238 e. The number of fused-ring (bicyclic) bond motifs is 4. The molecule has 2 aliphatic heterocycles. The van der Waals surface area contributed by atoms with Gasteiger partial charge in [-0.05, 0) is 90.6 Å². The predicted molar refractivity (Wildman–Crippen MR) is 254 cm³/mol. The summed E-state index contributed by atoms with van der Waals surface area (Å²) in [7, 11) is 9.32. The summed E-state index contributed by atoms with van der Waals surface area (Å²) in [5.74, 6) is -2.94. The number of hydrogen-bond donors (Lipinski definition) is 1. The average molecular weight is 903 g/mol. The van der Waals surface area contributed by atoms with Crippen molar-refractivity contribution in [2.24, 2.45) is 29.6 Å². The molecule has 1 saturated carbocycles. The number of rotatable bonds is 13. The number of carbonyl (C=O) groups excluding carboxylic acids is 4. The number of phenols is 1. The Morgan fingerprint density at radius 1 is 0.493 bits per heavy atom. The van der Waals surface area contributed by atoms with Crippen molar-refractivity contribution in [1.29, 1.82) is 0 Å². The highest BCUT2D eigenvalue weighted by molar-refractivity contribution is 6.24. The summed E-state index contributed by atoms with van der Waals surface area (Å²) in [6, 6.07) is 28.3. The average Bonchev–Trinajstić information content (AvgIpc) is 3.77. The number of benzene rings is 5. The SMILES string of the molecule is COc1ccc(OC)c(C=Cc2ccc(N3C(=O)C4CC=C5C(CC6C(=O)N(c7ccc(C=Cc8cc(OC)ccc8OC)cc7)C(=O)C6C5c5c(OC)cc(O)cc5OC)C4C3=O)cc2)c1. The minimum absolute atomic E-state index is 0.109. The monoisotopic (exact) mass is 902 g/mol. The van der Waals surface area contributed by atoms with Crippen molar-refractivity contribution in [1.82, 2.24) is 0 Å². The van der Waals surface area contributed by atoms with E-state index in [1.165, 1.54) is 36.2 Å². The molecule has 0 radical (unpaired) electrons. The van der Waals surface area contributed by atoms with E-state index in [-0.39, 0.29) is 41.9 Å². The summed E-state index contributed by atoms with van der Waals surface area (Å²) in [6.07, 6.45) is 10.00. The molecule has 13 heteroatoms. The largest absolute Gasteiger partial charge is 0.508 e. The summed E-state index contributed by atoms with van der Waals surface area (Å²) >= 11 is 0. The molecule has 5 aromatic carbocycles. The normalized spacial score (nSPS) is 22.1. The quantitative estimate of drug-likeness (QED) is 0.0686. The van der Waals surface area contributed by atoms with Gasteiger partial charge in [-0.15, -0.1) is 0 Å². The second kappa shape index (κ2) is 18.2. The first-order chi connectivity index (χ1) is 32.5. The third kappa shape index (κ3) is 7.83. The number of amides is 4. The fourth-order valence-electron chi connectivity index (χ4n) is 10.4. The second-order valence-electron chi connectivity index (χ2n) is 16.9. The Hall–Kier alpha value is -7.80. The lowest BCUT2D eigenvalue weighted by Gasteiger charge is -2.44. The van der Waals surface area contributed by atoms with E-state index >= 15 is 0 Å². The Balaban J connectivity index is 1.04. The molecule has 67 heavy (non-hydrogen) atoms. The molecule has 0 bridgehead atoms. The zero-order chi connectivity index (χ0) is 47.1. The zero-order valence-corrected chi connectivity index (χ0v) is 37.9. The molecule has 2 heterocycles. The molecule has 0 aromatic heterocycles. The highest BCUT2D eigenvalue weighted by Crippen LogP contribution is 2.61. The number of anilines is 2. The Bertz CT molecular complexity index is 2840. The van der Waals surface area contributed by atoms with E-state index in [0.717, 1.165) is 27.8 Å². The van der Waals surface area contributed by atoms with Crippen molar-refractivity contribution in [2.45, 2.75) is 18.8 Å². The first kappa shape index (κ1) is 44.4. The summed E-state index contributed by atoms with van der Waals surface area (Å²) < 4.78 is 33.5. The van der Waals surface area contributed by atoms with Gasteiger partial charge in [0.05, 0.1) is 77.7 Å². The minimum atomic E-state index is -0.903. The summed E-state index contributed by atoms with van der Waals surface area (Å²) in [5, 5.41) is 10.7. The summed E-state index contributed by atoms with van der Waals surface area (Å²) in [6.45, 7) is 0. The first-order valence-corrected chi connectivity index (χ1v) is 21.9. The van der Waals surface area contributed by atoms with Crippen LogP contribution in [0.1, 0.15) is 46.6 Å². The van der Waals surface area contributed by atoms with Gasteiger partial charge in [0.15, 0.2) is 0 Å². The molecule has 9 rings (SSSR count). The van der Waals surface area contributed by atoms with Crippen LogP contribution in [-0.2, 0) is 19.2 Å². The number of carbonyl (C=O) groups is 4. The fraction of sp³-hybridized carbons (Fsp3) is 0.259. The van der Waals surface area contributed by atoms with Crippen molar-refractivity contribution in [2.75, 3.05) is 52.5 Å². The lowest BCUT2D eigenvalue weighted by molar-refractivity contribution is -0.126. The lowest BCUT2D eigenvalue weighted by atomic mass is 9.57. The van der Waals surface area contributed by atoms with Crippen molar-refractivity contribution >= 4 is 59.3 Å².